The molecule has 1 N–H and O–H groups in total. The third kappa shape index (κ3) is 1.66. The number of carboxylic acid groups (broad SMARTS) is 1. The summed E-state index contributed by atoms with van der Waals surface area (Å²) in [5.41, 5.74) is 0.487. The molecule has 0 spiro atoms. The minimum Gasteiger partial charge on any atom is -0.480 e. The molecule has 1 aliphatic heterocycles. The van der Waals surface area contributed by atoms with Crippen LogP contribution in [0.1, 0.15) is 29.1 Å². The van der Waals surface area contributed by atoms with Crippen molar-refractivity contribution < 1.29 is 19.1 Å². The monoisotopic (exact) mass is 224 g/mol. The molecule has 0 unspecified atom stereocenters. The number of carbonyl (C=O) groups is 2. The van der Waals surface area contributed by atoms with Gasteiger partial charge in [0.25, 0.3) is 5.91 Å². The minimum absolute atomic E-state index is 0.133. The molecule has 1 aromatic heterocycles. The Bertz CT molecular complexity index is 426. The molecule has 1 saturated heterocycles. The van der Waals surface area contributed by atoms with Gasteiger partial charge in [0.2, 0.25) is 5.76 Å². The number of nitrogens with zero attached hydrogens (tertiary/aromatic N) is 2. The van der Waals surface area contributed by atoms with E-state index in [0.717, 1.165) is 0 Å². The fourth-order valence-electron chi connectivity index (χ4n) is 1.90. The van der Waals surface area contributed by atoms with Crippen molar-refractivity contribution in [3.8, 4) is 0 Å². The Kier molecular flexibility index (Phi) is 2.64. The van der Waals surface area contributed by atoms with E-state index in [-0.39, 0.29) is 11.7 Å². The molecule has 0 aliphatic carbocycles. The van der Waals surface area contributed by atoms with Crippen LogP contribution in [0.4, 0.5) is 0 Å². The summed E-state index contributed by atoms with van der Waals surface area (Å²) in [5.74, 6) is -1.23. The number of oxazole rings is 1. The van der Waals surface area contributed by atoms with E-state index in [1.54, 1.807) is 6.92 Å². The number of amides is 1. The summed E-state index contributed by atoms with van der Waals surface area (Å²) >= 11 is 0. The molecule has 2 rings (SSSR count). The zero-order valence-corrected chi connectivity index (χ0v) is 8.84. The van der Waals surface area contributed by atoms with E-state index in [0.29, 0.717) is 25.1 Å². The van der Waals surface area contributed by atoms with Gasteiger partial charge in [-0.25, -0.2) is 9.78 Å². The molecule has 86 valence electrons. The summed E-state index contributed by atoms with van der Waals surface area (Å²) in [6, 6.07) is -0.739. The number of hydrogen-bond donors (Lipinski definition) is 1. The molecule has 6 nitrogen and oxygen atoms in total. The number of aromatic nitrogens is 1. The first-order valence-corrected chi connectivity index (χ1v) is 5.05. The Morgan fingerprint density at radius 1 is 1.62 bits per heavy atom. The first-order chi connectivity index (χ1) is 7.61. The molecule has 0 aromatic carbocycles. The zero-order valence-electron chi connectivity index (χ0n) is 8.84. The molecule has 16 heavy (non-hydrogen) atoms. The van der Waals surface area contributed by atoms with Crippen molar-refractivity contribution in [1.29, 1.82) is 0 Å². The normalized spacial score (nSPS) is 20.1. The van der Waals surface area contributed by atoms with Crippen LogP contribution in [-0.2, 0) is 4.79 Å². The maximum atomic E-state index is 12.0. The highest BCUT2D eigenvalue weighted by Crippen LogP contribution is 2.21. The molecular weight excluding hydrogens is 212 g/mol. The predicted octanol–water partition coefficient (Wildman–Crippen LogP) is 0.672. The second-order valence-electron chi connectivity index (χ2n) is 3.76. The van der Waals surface area contributed by atoms with Crippen LogP contribution in [0.5, 0.6) is 0 Å². The van der Waals surface area contributed by atoms with E-state index in [1.807, 2.05) is 0 Å². The lowest BCUT2D eigenvalue weighted by molar-refractivity contribution is -0.141. The summed E-state index contributed by atoms with van der Waals surface area (Å²) in [7, 11) is 0. The number of aryl methyl sites for hydroxylation is 1. The van der Waals surface area contributed by atoms with Gasteiger partial charge < -0.3 is 14.4 Å². The Balaban J connectivity index is 2.22. The second-order valence-corrected chi connectivity index (χ2v) is 3.76. The maximum Gasteiger partial charge on any atom is 0.326 e. The van der Waals surface area contributed by atoms with Gasteiger partial charge in [-0.1, -0.05) is 0 Å². The Morgan fingerprint density at radius 3 is 2.94 bits per heavy atom. The van der Waals surface area contributed by atoms with E-state index in [9.17, 15) is 9.59 Å². The van der Waals surface area contributed by atoms with E-state index in [2.05, 4.69) is 4.98 Å². The fourth-order valence-corrected chi connectivity index (χ4v) is 1.90. The Morgan fingerprint density at radius 2 is 2.38 bits per heavy atom. The van der Waals surface area contributed by atoms with Gasteiger partial charge in [-0.2, -0.15) is 0 Å². The van der Waals surface area contributed by atoms with Crippen molar-refractivity contribution in [2.45, 2.75) is 25.8 Å². The van der Waals surface area contributed by atoms with Gasteiger partial charge in [0.15, 0.2) is 6.39 Å². The molecule has 0 saturated carbocycles. The zero-order chi connectivity index (χ0) is 11.7. The number of carbonyl (C=O) groups excluding carboxylic acids is 1. The number of carboxylic acids is 1. The Labute approximate surface area is 91.9 Å². The standard InChI is InChI=1S/C10H12N2O4/c1-6-8(16-5-11-6)9(13)12-4-2-3-7(12)10(14)15/h5,7H,2-4H2,1H3,(H,14,15)/t7-/m0/s1. The largest absolute Gasteiger partial charge is 0.480 e. The van der Waals surface area contributed by atoms with Crippen LogP contribution in [0, 0.1) is 6.92 Å². The maximum absolute atomic E-state index is 12.0. The highest BCUT2D eigenvalue weighted by Gasteiger charge is 2.36. The average Bonchev–Trinajstić information content (AvgIpc) is 2.84. The number of rotatable bonds is 2. The highest BCUT2D eigenvalue weighted by atomic mass is 16.4. The van der Waals surface area contributed by atoms with Crippen LogP contribution >= 0.6 is 0 Å². The molecule has 2 heterocycles. The summed E-state index contributed by atoms with van der Waals surface area (Å²) in [6.45, 7) is 2.11. The van der Waals surface area contributed by atoms with Crippen LogP contribution in [0.15, 0.2) is 10.8 Å². The van der Waals surface area contributed by atoms with Crippen molar-refractivity contribution in [3.05, 3.63) is 17.8 Å². The molecule has 0 radical (unpaired) electrons. The molecular formula is C10H12N2O4. The van der Waals surface area contributed by atoms with Gasteiger partial charge in [0.1, 0.15) is 6.04 Å². The predicted molar refractivity (Wildman–Crippen MR) is 52.9 cm³/mol. The lowest BCUT2D eigenvalue weighted by atomic mass is 10.2. The van der Waals surface area contributed by atoms with Crippen molar-refractivity contribution in [1.82, 2.24) is 9.88 Å². The molecule has 1 aliphatic rings. The third-order valence-electron chi connectivity index (χ3n) is 2.74. The van der Waals surface area contributed by atoms with E-state index >= 15 is 0 Å². The third-order valence-corrected chi connectivity index (χ3v) is 2.74. The van der Waals surface area contributed by atoms with E-state index in [1.165, 1.54) is 11.3 Å². The molecule has 1 amide bonds. The number of hydrogen-bond acceptors (Lipinski definition) is 4. The smallest absolute Gasteiger partial charge is 0.326 e. The summed E-state index contributed by atoms with van der Waals surface area (Å²) in [4.78, 5) is 28.1. The first-order valence-electron chi connectivity index (χ1n) is 5.05. The lowest BCUT2D eigenvalue weighted by Gasteiger charge is -2.19. The van der Waals surface area contributed by atoms with Crippen LogP contribution in [0.3, 0.4) is 0 Å². The highest BCUT2D eigenvalue weighted by molar-refractivity contribution is 5.95. The average molecular weight is 224 g/mol. The van der Waals surface area contributed by atoms with Crippen molar-refractivity contribution in [3.63, 3.8) is 0 Å². The first kappa shape index (κ1) is 10.7. The molecule has 1 fully saturated rings. The molecule has 1 atom stereocenters. The van der Waals surface area contributed by atoms with Crippen molar-refractivity contribution in [2.75, 3.05) is 6.54 Å². The van der Waals surface area contributed by atoms with Crippen molar-refractivity contribution in [2.24, 2.45) is 0 Å². The summed E-state index contributed by atoms with van der Waals surface area (Å²) in [5, 5.41) is 8.96. The molecule has 0 bridgehead atoms. The number of likely N-dealkylation sites (tertiary alicyclic amines) is 1. The van der Waals surface area contributed by atoms with Gasteiger partial charge in [0, 0.05) is 6.54 Å². The van der Waals surface area contributed by atoms with Crippen LogP contribution in [-0.4, -0.2) is 39.5 Å². The fraction of sp³-hybridized carbons (Fsp3) is 0.500. The van der Waals surface area contributed by atoms with Gasteiger partial charge >= 0.3 is 5.97 Å². The van der Waals surface area contributed by atoms with Gasteiger partial charge in [-0.05, 0) is 19.8 Å². The lowest BCUT2D eigenvalue weighted by Crippen LogP contribution is -2.40. The second kappa shape index (κ2) is 3.96. The molecule has 6 heteroatoms. The Hall–Kier alpha value is -1.85. The van der Waals surface area contributed by atoms with Gasteiger partial charge in [0.05, 0.1) is 5.69 Å². The SMILES string of the molecule is Cc1ncoc1C(=O)N1CCC[C@H]1C(=O)O. The molecule has 1 aromatic rings. The van der Waals surface area contributed by atoms with Gasteiger partial charge in [-0.15, -0.1) is 0 Å². The summed E-state index contributed by atoms with van der Waals surface area (Å²) < 4.78 is 4.97. The van der Waals surface area contributed by atoms with Crippen LogP contribution in [0.2, 0.25) is 0 Å². The van der Waals surface area contributed by atoms with Crippen LogP contribution in [0.25, 0.3) is 0 Å². The van der Waals surface area contributed by atoms with E-state index < -0.39 is 12.0 Å². The van der Waals surface area contributed by atoms with E-state index in [4.69, 9.17) is 9.52 Å². The van der Waals surface area contributed by atoms with Gasteiger partial charge in [-0.3, -0.25) is 4.79 Å². The van der Waals surface area contributed by atoms with Crippen molar-refractivity contribution >= 4 is 11.9 Å². The topological polar surface area (TPSA) is 83.6 Å². The summed E-state index contributed by atoms with van der Waals surface area (Å²) in [6.07, 6.45) is 2.39. The van der Waals surface area contributed by atoms with Crippen LogP contribution < -0.4 is 0 Å². The number of aliphatic carboxylic acids is 1. The quantitative estimate of drug-likeness (QED) is 0.798. The minimum atomic E-state index is -0.969.